The average Bonchev–Trinajstić information content (AvgIpc) is 3.01. The Morgan fingerprint density at radius 1 is 1.32 bits per heavy atom. The average molecular weight is 348 g/mol. The summed E-state index contributed by atoms with van der Waals surface area (Å²) >= 11 is 0. The summed E-state index contributed by atoms with van der Waals surface area (Å²) < 4.78 is 13.2. The zero-order valence-corrected chi connectivity index (χ0v) is 14.3. The van der Waals surface area contributed by atoms with E-state index in [1.165, 1.54) is 12.1 Å². The Labute approximate surface area is 147 Å². The zero-order valence-electron chi connectivity index (χ0n) is 14.3. The molecule has 0 radical (unpaired) electrons. The fourth-order valence-corrected chi connectivity index (χ4v) is 3.67. The first-order valence-electron chi connectivity index (χ1n) is 8.90. The number of hydrogen-bond donors (Lipinski definition) is 2. The van der Waals surface area contributed by atoms with Gasteiger partial charge in [0.15, 0.2) is 0 Å². The van der Waals surface area contributed by atoms with Gasteiger partial charge >= 0.3 is 6.03 Å². The molecule has 0 aromatic heterocycles. The summed E-state index contributed by atoms with van der Waals surface area (Å²) in [6.45, 7) is 3.68. The monoisotopic (exact) mass is 348 g/mol. The molecule has 3 amide bonds. The quantitative estimate of drug-likeness (QED) is 0.791. The second kappa shape index (κ2) is 7.82. The number of piperidine rings is 1. The summed E-state index contributed by atoms with van der Waals surface area (Å²) in [5.41, 5.74) is 7.06. The number of hydrogen-bond acceptors (Lipinski definition) is 3. The molecular formula is C18H25FN4O2. The number of benzene rings is 1. The number of urea groups is 1. The minimum atomic E-state index is -0.267. The van der Waals surface area contributed by atoms with E-state index in [2.05, 4.69) is 10.2 Å². The smallest absolute Gasteiger partial charge is 0.321 e. The molecule has 2 heterocycles. The number of anilines is 1. The van der Waals surface area contributed by atoms with E-state index in [1.807, 2.05) is 0 Å². The van der Waals surface area contributed by atoms with E-state index in [0.717, 1.165) is 43.6 Å². The van der Waals surface area contributed by atoms with Crippen molar-refractivity contribution in [3.63, 3.8) is 0 Å². The molecule has 6 nitrogen and oxygen atoms in total. The highest BCUT2D eigenvalue weighted by molar-refractivity contribution is 5.94. The fourth-order valence-electron chi connectivity index (χ4n) is 3.67. The number of nitrogens with two attached hydrogens (primary N) is 1. The normalized spacial score (nSPS) is 20.4. The number of carbonyl (C=O) groups excluding carboxylic acids is 2. The predicted octanol–water partition coefficient (Wildman–Crippen LogP) is 1.49. The van der Waals surface area contributed by atoms with Crippen LogP contribution in [0.5, 0.6) is 0 Å². The van der Waals surface area contributed by atoms with Crippen molar-refractivity contribution < 1.29 is 14.0 Å². The van der Waals surface area contributed by atoms with Crippen molar-refractivity contribution in [3.05, 3.63) is 29.6 Å². The molecule has 2 aliphatic heterocycles. The SMILES string of the molecule is NC(=O)[C@@H]1CCCN(CCCNC(=O)N2CCc3cc(F)ccc32)C1. The van der Waals surface area contributed by atoms with Crippen LogP contribution in [-0.2, 0) is 11.2 Å². The van der Waals surface area contributed by atoms with Crippen LogP contribution >= 0.6 is 0 Å². The molecule has 2 aliphatic rings. The van der Waals surface area contributed by atoms with Gasteiger partial charge in [-0.05, 0) is 62.5 Å². The first-order chi connectivity index (χ1) is 12.0. The third-order valence-corrected chi connectivity index (χ3v) is 5.02. The Bertz CT molecular complexity index is 652. The van der Waals surface area contributed by atoms with Crippen LogP contribution in [0.25, 0.3) is 0 Å². The molecule has 3 rings (SSSR count). The zero-order chi connectivity index (χ0) is 17.8. The number of primary amides is 1. The standard InChI is InChI=1S/C18H25FN4O2/c19-15-4-5-16-13(11-15)6-10-23(16)18(25)21-7-2-9-22-8-1-3-14(12-22)17(20)24/h4-5,11,14H,1-3,6-10,12H2,(H2,20,24)(H,21,25)/t14-/m1/s1. The maximum Gasteiger partial charge on any atom is 0.321 e. The lowest BCUT2D eigenvalue weighted by atomic mass is 9.97. The second-order valence-electron chi connectivity index (χ2n) is 6.80. The summed E-state index contributed by atoms with van der Waals surface area (Å²) in [5.74, 6) is -0.538. The van der Waals surface area contributed by atoms with Gasteiger partial charge < -0.3 is 16.0 Å². The van der Waals surface area contributed by atoms with E-state index in [-0.39, 0.29) is 23.7 Å². The van der Waals surface area contributed by atoms with Gasteiger partial charge in [-0.25, -0.2) is 9.18 Å². The molecule has 7 heteroatoms. The molecule has 3 N–H and O–H groups in total. The molecule has 1 atom stereocenters. The lowest BCUT2D eigenvalue weighted by Crippen LogP contribution is -2.43. The van der Waals surface area contributed by atoms with Crippen LogP contribution in [0.15, 0.2) is 18.2 Å². The van der Waals surface area contributed by atoms with Gasteiger partial charge in [0.2, 0.25) is 5.91 Å². The highest BCUT2D eigenvalue weighted by Gasteiger charge is 2.25. The molecule has 0 saturated carbocycles. The first kappa shape index (κ1) is 17.7. The van der Waals surface area contributed by atoms with Gasteiger partial charge in [0.25, 0.3) is 0 Å². The van der Waals surface area contributed by atoms with E-state index < -0.39 is 0 Å². The van der Waals surface area contributed by atoms with Gasteiger partial charge in [-0.1, -0.05) is 0 Å². The van der Waals surface area contributed by atoms with Gasteiger partial charge in [-0.15, -0.1) is 0 Å². The Hall–Kier alpha value is -2.15. The molecule has 0 spiro atoms. The number of likely N-dealkylation sites (tertiary alicyclic amines) is 1. The Morgan fingerprint density at radius 2 is 2.16 bits per heavy atom. The van der Waals surface area contributed by atoms with Crippen LogP contribution in [-0.4, -0.2) is 49.6 Å². The van der Waals surface area contributed by atoms with Crippen LogP contribution in [0, 0.1) is 11.7 Å². The van der Waals surface area contributed by atoms with E-state index in [4.69, 9.17) is 5.73 Å². The first-order valence-corrected chi connectivity index (χ1v) is 8.90. The summed E-state index contributed by atoms with van der Waals surface area (Å²) in [4.78, 5) is 27.5. The van der Waals surface area contributed by atoms with Crippen molar-refractivity contribution >= 4 is 17.6 Å². The number of halogens is 1. The third-order valence-electron chi connectivity index (χ3n) is 5.02. The molecule has 0 bridgehead atoms. The van der Waals surface area contributed by atoms with Crippen LogP contribution in [0.3, 0.4) is 0 Å². The van der Waals surface area contributed by atoms with Gasteiger partial charge in [0.05, 0.1) is 5.92 Å². The van der Waals surface area contributed by atoms with Crippen molar-refractivity contribution in [1.29, 1.82) is 0 Å². The number of rotatable bonds is 5. The van der Waals surface area contributed by atoms with E-state index in [9.17, 15) is 14.0 Å². The molecule has 1 saturated heterocycles. The number of carbonyl (C=O) groups is 2. The summed E-state index contributed by atoms with van der Waals surface area (Å²) in [5, 5.41) is 2.93. The molecular weight excluding hydrogens is 323 g/mol. The Balaban J connectivity index is 1.41. The molecule has 0 aliphatic carbocycles. The largest absolute Gasteiger partial charge is 0.369 e. The lowest BCUT2D eigenvalue weighted by molar-refractivity contribution is -0.123. The van der Waals surface area contributed by atoms with E-state index in [1.54, 1.807) is 11.0 Å². The molecule has 25 heavy (non-hydrogen) atoms. The van der Waals surface area contributed by atoms with Gasteiger partial charge in [-0.2, -0.15) is 0 Å². The number of nitrogens with zero attached hydrogens (tertiary/aromatic N) is 2. The summed E-state index contributed by atoms with van der Waals surface area (Å²) in [6.07, 6.45) is 3.36. The van der Waals surface area contributed by atoms with Gasteiger partial charge in [-0.3, -0.25) is 9.69 Å². The van der Waals surface area contributed by atoms with E-state index in [0.29, 0.717) is 26.1 Å². The highest BCUT2D eigenvalue weighted by Crippen LogP contribution is 2.28. The summed E-state index contributed by atoms with van der Waals surface area (Å²) in [6, 6.07) is 4.40. The maximum atomic E-state index is 13.2. The molecule has 1 fully saturated rings. The minimum absolute atomic E-state index is 0.0511. The number of fused-ring (bicyclic) bond motifs is 1. The van der Waals surface area contributed by atoms with Crippen molar-refractivity contribution in [3.8, 4) is 0 Å². The molecule has 136 valence electrons. The maximum absolute atomic E-state index is 13.2. The van der Waals surface area contributed by atoms with Gasteiger partial charge in [0.1, 0.15) is 5.82 Å². The Kier molecular flexibility index (Phi) is 5.53. The van der Waals surface area contributed by atoms with Crippen molar-refractivity contribution in [2.45, 2.75) is 25.7 Å². The molecule has 1 aromatic rings. The van der Waals surface area contributed by atoms with Crippen LogP contribution in [0.4, 0.5) is 14.9 Å². The van der Waals surface area contributed by atoms with Crippen LogP contribution in [0.1, 0.15) is 24.8 Å². The fraction of sp³-hybridized carbons (Fsp3) is 0.556. The van der Waals surface area contributed by atoms with Crippen molar-refractivity contribution in [2.75, 3.05) is 37.6 Å². The topological polar surface area (TPSA) is 78.7 Å². The second-order valence-corrected chi connectivity index (χ2v) is 6.80. The third kappa shape index (κ3) is 4.28. The summed E-state index contributed by atoms with van der Waals surface area (Å²) in [7, 11) is 0. The predicted molar refractivity (Wildman–Crippen MR) is 93.8 cm³/mol. The van der Waals surface area contributed by atoms with Crippen molar-refractivity contribution in [2.24, 2.45) is 11.7 Å². The lowest BCUT2D eigenvalue weighted by Gasteiger charge is -2.31. The van der Waals surface area contributed by atoms with Crippen molar-refractivity contribution in [1.82, 2.24) is 10.2 Å². The number of nitrogens with one attached hydrogen (secondary N) is 1. The highest BCUT2D eigenvalue weighted by atomic mass is 19.1. The molecule has 0 unspecified atom stereocenters. The minimum Gasteiger partial charge on any atom is -0.369 e. The molecule has 1 aromatic carbocycles. The van der Waals surface area contributed by atoms with Crippen LogP contribution < -0.4 is 16.0 Å². The van der Waals surface area contributed by atoms with E-state index >= 15 is 0 Å². The Morgan fingerprint density at radius 3 is 2.96 bits per heavy atom. The van der Waals surface area contributed by atoms with Crippen LogP contribution in [0.2, 0.25) is 0 Å². The number of amides is 3. The van der Waals surface area contributed by atoms with Gasteiger partial charge in [0, 0.05) is 25.3 Å².